The minimum Gasteiger partial charge on any atom is -0.352 e. The molecule has 0 fully saturated rings. The first kappa shape index (κ1) is 13.3. The maximum absolute atomic E-state index is 12.1. The van der Waals surface area contributed by atoms with Crippen molar-refractivity contribution >= 4 is 5.91 Å². The van der Waals surface area contributed by atoms with Crippen molar-refractivity contribution in [1.82, 2.24) is 5.32 Å². The van der Waals surface area contributed by atoms with Crippen LogP contribution < -0.4 is 5.32 Å². The Balaban J connectivity index is 1.91. The molecule has 2 rings (SSSR count). The molecule has 98 valence electrons. The smallest absolute Gasteiger partial charge is 0.251 e. The SMILES string of the molecule is CCc1ccccc1C(=O)NCCc1ccccc1. The monoisotopic (exact) mass is 253 g/mol. The predicted octanol–water partition coefficient (Wildman–Crippen LogP) is 3.22. The number of benzene rings is 2. The van der Waals surface area contributed by atoms with Crippen LogP contribution in [0.25, 0.3) is 0 Å². The van der Waals surface area contributed by atoms with Crippen LogP contribution in [-0.4, -0.2) is 12.5 Å². The molecule has 2 aromatic carbocycles. The van der Waals surface area contributed by atoms with Gasteiger partial charge in [-0.1, -0.05) is 55.5 Å². The van der Waals surface area contributed by atoms with E-state index in [1.165, 1.54) is 5.56 Å². The summed E-state index contributed by atoms with van der Waals surface area (Å²) in [5.41, 5.74) is 3.13. The summed E-state index contributed by atoms with van der Waals surface area (Å²) in [5, 5.41) is 2.98. The number of rotatable bonds is 5. The number of hydrogen-bond acceptors (Lipinski definition) is 1. The number of carbonyl (C=O) groups excluding carboxylic acids is 1. The molecule has 0 saturated heterocycles. The van der Waals surface area contributed by atoms with Crippen molar-refractivity contribution < 1.29 is 4.79 Å². The summed E-state index contributed by atoms with van der Waals surface area (Å²) < 4.78 is 0. The molecule has 0 heterocycles. The van der Waals surface area contributed by atoms with Crippen LogP contribution in [0.5, 0.6) is 0 Å². The lowest BCUT2D eigenvalue weighted by Crippen LogP contribution is -2.26. The Bertz CT molecular complexity index is 534. The highest BCUT2D eigenvalue weighted by Crippen LogP contribution is 2.09. The quantitative estimate of drug-likeness (QED) is 0.871. The van der Waals surface area contributed by atoms with E-state index < -0.39 is 0 Å². The van der Waals surface area contributed by atoms with E-state index in [0.29, 0.717) is 6.54 Å². The van der Waals surface area contributed by atoms with E-state index in [1.807, 2.05) is 42.5 Å². The summed E-state index contributed by atoms with van der Waals surface area (Å²) in [7, 11) is 0. The van der Waals surface area contributed by atoms with Crippen LogP contribution in [0.15, 0.2) is 54.6 Å². The van der Waals surface area contributed by atoms with Gasteiger partial charge in [0.25, 0.3) is 5.91 Å². The van der Waals surface area contributed by atoms with Crippen molar-refractivity contribution in [2.24, 2.45) is 0 Å². The summed E-state index contributed by atoms with van der Waals surface area (Å²) in [5.74, 6) is 0.0216. The van der Waals surface area contributed by atoms with Gasteiger partial charge in [0.1, 0.15) is 0 Å². The minimum atomic E-state index is 0.0216. The van der Waals surface area contributed by atoms with E-state index in [-0.39, 0.29) is 5.91 Å². The lowest BCUT2D eigenvalue weighted by molar-refractivity contribution is 0.0953. The van der Waals surface area contributed by atoms with Gasteiger partial charge in [-0.05, 0) is 30.0 Å². The average Bonchev–Trinajstić information content (AvgIpc) is 2.48. The van der Waals surface area contributed by atoms with Crippen LogP contribution in [0.3, 0.4) is 0 Å². The maximum Gasteiger partial charge on any atom is 0.251 e. The van der Waals surface area contributed by atoms with Crippen LogP contribution in [0.2, 0.25) is 0 Å². The molecule has 2 nitrogen and oxygen atoms in total. The number of amides is 1. The third-order valence-corrected chi connectivity index (χ3v) is 3.18. The summed E-state index contributed by atoms with van der Waals surface area (Å²) in [6, 6.07) is 18.0. The van der Waals surface area contributed by atoms with Gasteiger partial charge < -0.3 is 5.32 Å². The minimum absolute atomic E-state index is 0.0216. The number of nitrogens with one attached hydrogen (secondary N) is 1. The molecule has 2 aromatic rings. The largest absolute Gasteiger partial charge is 0.352 e. The van der Waals surface area contributed by atoms with Crippen molar-refractivity contribution in [2.75, 3.05) is 6.54 Å². The molecule has 0 aliphatic rings. The van der Waals surface area contributed by atoms with E-state index in [1.54, 1.807) is 0 Å². The van der Waals surface area contributed by atoms with Crippen molar-refractivity contribution in [3.05, 3.63) is 71.3 Å². The van der Waals surface area contributed by atoms with Crippen molar-refractivity contribution in [3.63, 3.8) is 0 Å². The second kappa shape index (κ2) is 6.74. The number of carbonyl (C=O) groups is 1. The molecule has 2 heteroatoms. The average molecular weight is 253 g/mol. The van der Waals surface area contributed by atoms with E-state index >= 15 is 0 Å². The summed E-state index contributed by atoms with van der Waals surface area (Å²) in [6.07, 6.45) is 1.74. The van der Waals surface area contributed by atoms with Crippen molar-refractivity contribution in [3.8, 4) is 0 Å². The van der Waals surface area contributed by atoms with Gasteiger partial charge in [0.15, 0.2) is 0 Å². The summed E-state index contributed by atoms with van der Waals surface area (Å²) >= 11 is 0. The Morgan fingerprint density at radius 1 is 1.00 bits per heavy atom. The normalized spacial score (nSPS) is 10.2. The van der Waals surface area contributed by atoms with Gasteiger partial charge in [0, 0.05) is 12.1 Å². The Hall–Kier alpha value is -2.09. The Morgan fingerprint density at radius 3 is 2.42 bits per heavy atom. The van der Waals surface area contributed by atoms with Gasteiger partial charge in [0.2, 0.25) is 0 Å². The van der Waals surface area contributed by atoms with Crippen LogP contribution in [0, 0.1) is 0 Å². The van der Waals surface area contributed by atoms with E-state index in [2.05, 4.69) is 24.4 Å². The van der Waals surface area contributed by atoms with Gasteiger partial charge in [0.05, 0.1) is 0 Å². The van der Waals surface area contributed by atoms with Gasteiger partial charge in [-0.25, -0.2) is 0 Å². The topological polar surface area (TPSA) is 29.1 Å². The van der Waals surface area contributed by atoms with E-state index in [0.717, 1.165) is 24.0 Å². The van der Waals surface area contributed by atoms with Crippen molar-refractivity contribution in [1.29, 1.82) is 0 Å². The van der Waals surface area contributed by atoms with Crippen LogP contribution in [0.1, 0.15) is 28.4 Å². The fraction of sp³-hybridized carbons (Fsp3) is 0.235. The van der Waals surface area contributed by atoms with Gasteiger partial charge in [-0.3, -0.25) is 4.79 Å². The second-order valence-corrected chi connectivity index (χ2v) is 4.50. The third-order valence-electron chi connectivity index (χ3n) is 3.18. The van der Waals surface area contributed by atoms with Gasteiger partial charge >= 0.3 is 0 Å². The molecular weight excluding hydrogens is 234 g/mol. The Labute approximate surface area is 114 Å². The number of aryl methyl sites for hydroxylation is 1. The molecule has 19 heavy (non-hydrogen) atoms. The fourth-order valence-corrected chi connectivity index (χ4v) is 2.11. The van der Waals surface area contributed by atoms with Crippen LogP contribution in [0.4, 0.5) is 0 Å². The molecule has 0 spiro atoms. The molecule has 0 aromatic heterocycles. The first-order valence-electron chi connectivity index (χ1n) is 6.71. The van der Waals surface area contributed by atoms with Crippen LogP contribution >= 0.6 is 0 Å². The first-order chi connectivity index (χ1) is 9.31. The summed E-state index contributed by atoms with van der Waals surface area (Å²) in [4.78, 5) is 12.1. The lowest BCUT2D eigenvalue weighted by atomic mass is 10.0. The van der Waals surface area contributed by atoms with E-state index in [9.17, 15) is 4.79 Å². The zero-order valence-corrected chi connectivity index (χ0v) is 11.2. The molecular formula is C17H19NO. The molecule has 0 radical (unpaired) electrons. The van der Waals surface area contributed by atoms with E-state index in [4.69, 9.17) is 0 Å². The zero-order valence-electron chi connectivity index (χ0n) is 11.2. The number of hydrogen-bond donors (Lipinski definition) is 1. The molecule has 0 atom stereocenters. The van der Waals surface area contributed by atoms with Gasteiger partial charge in [-0.2, -0.15) is 0 Å². The van der Waals surface area contributed by atoms with Crippen molar-refractivity contribution in [2.45, 2.75) is 19.8 Å². The third kappa shape index (κ3) is 3.68. The molecule has 1 N–H and O–H groups in total. The first-order valence-corrected chi connectivity index (χ1v) is 6.71. The Morgan fingerprint density at radius 2 is 1.68 bits per heavy atom. The van der Waals surface area contributed by atoms with Crippen LogP contribution in [-0.2, 0) is 12.8 Å². The molecule has 0 unspecified atom stereocenters. The molecule has 0 aliphatic carbocycles. The highest BCUT2D eigenvalue weighted by molar-refractivity contribution is 5.95. The van der Waals surface area contributed by atoms with Gasteiger partial charge in [-0.15, -0.1) is 0 Å². The lowest BCUT2D eigenvalue weighted by Gasteiger charge is -2.08. The highest BCUT2D eigenvalue weighted by atomic mass is 16.1. The predicted molar refractivity (Wildman–Crippen MR) is 78.3 cm³/mol. The standard InChI is InChI=1S/C17H19NO/c1-2-15-10-6-7-11-16(15)17(19)18-13-12-14-8-4-3-5-9-14/h3-11H,2,12-13H2,1H3,(H,18,19). The highest BCUT2D eigenvalue weighted by Gasteiger charge is 2.08. The molecule has 0 aliphatic heterocycles. The second-order valence-electron chi connectivity index (χ2n) is 4.50. The summed E-state index contributed by atoms with van der Waals surface area (Å²) in [6.45, 7) is 2.73. The molecule has 1 amide bonds. The fourth-order valence-electron chi connectivity index (χ4n) is 2.11. The zero-order chi connectivity index (χ0) is 13.5. The maximum atomic E-state index is 12.1. The molecule has 0 saturated carbocycles. The molecule has 0 bridgehead atoms. The Kier molecular flexibility index (Phi) is 4.73.